The molecule has 0 aliphatic carbocycles. The van der Waals surface area contributed by atoms with Crippen molar-refractivity contribution < 1.29 is 4.42 Å². The summed E-state index contributed by atoms with van der Waals surface area (Å²) in [5.74, 6) is 0. The molecule has 0 fully saturated rings. The molecule has 288 valence electrons. The average Bonchev–Trinajstić information content (AvgIpc) is 3.69. The monoisotopic (exact) mass is 788 g/mol. The molecule has 0 saturated carbocycles. The Balaban J connectivity index is 1.07. The predicted molar refractivity (Wildman–Crippen MR) is 265 cm³/mol. The molecule has 3 nitrogen and oxygen atoms in total. The number of anilines is 6. The first-order valence-corrected chi connectivity index (χ1v) is 21.6. The molecule has 0 amide bonds. The van der Waals surface area contributed by atoms with Crippen molar-refractivity contribution in [1.29, 1.82) is 0 Å². The van der Waals surface area contributed by atoms with Gasteiger partial charge in [-0.15, -0.1) is 0 Å². The van der Waals surface area contributed by atoms with Crippen molar-refractivity contribution in [3.05, 3.63) is 199 Å². The van der Waals surface area contributed by atoms with Gasteiger partial charge in [-0.25, -0.2) is 0 Å². The SMILES string of the molecule is Cc1ccc2c(c1)B1c3oc4ccc(C)cc4c3N(c3ccc4c5ccccc5c5ccccc5c4c3)c3cccc(c31)N2c1ccc2c3ccccc3c3ccccc3c2c1. The van der Waals surface area contributed by atoms with Gasteiger partial charge in [0, 0.05) is 33.8 Å². The first-order chi connectivity index (χ1) is 30.6. The molecule has 0 spiro atoms. The minimum absolute atomic E-state index is 0.109. The van der Waals surface area contributed by atoms with Crippen LogP contribution in [-0.4, -0.2) is 6.71 Å². The summed E-state index contributed by atoms with van der Waals surface area (Å²) in [5.41, 5.74) is 13.7. The van der Waals surface area contributed by atoms with Crippen LogP contribution in [0.3, 0.4) is 0 Å². The lowest BCUT2D eigenvalue weighted by molar-refractivity contribution is 0.651. The smallest absolute Gasteiger partial charge is 0.297 e. The molecule has 0 unspecified atom stereocenters. The molecule has 0 radical (unpaired) electrons. The van der Waals surface area contributed by atoms with Gasteiger partial charge in [-0.05, 0) is 144 Å². The third-order valence-corrected chi connectivity index (χ3v) is 13.9. The third kappa shape index (κ3) is 4.51. The highest BCUT2D eigenvalue weighted by molar-refractivity contribution is 7.00. The maximum Gasteiger partial charge on any atom is 0.297 e. The quantitative estimate of drug-likeness (QED) is 0.128. The highest BCUT2D eigenvalue weighted by Crippen LogP contribution is 2.49. The number of hydrogen-bond acceptors (Lipinski definition) is 3. The molecular formula is C58H37BN2O. The molecule has 14 rings (SSSR count). The van der Waals surface area contributed by atoms with Crippen molar-refractivity contribution >= 4 is 133 Å². The van der Waals surface area contributed by atoms with Gasteiger partial charge in [0.15, 0.2) is 0 Å². The summed E-state index contributed by atoms with van der Waals surface area (Å²) in [6, 6.07) is 70.0. The third-order valence-electron chi connectivity index (χ3n) is 13.9. The standard InChI is InChI=1S/C58H37BN2O/c1-34-23-29-55-50(30-34)57-58(62-55)59-51-31-35(2)22-28-52(51)60(36-24-26-46-42-16-5-3-12-38(42)40-14-7-9-18-44(40)48(46)32-36)53-20-11-21-54(56(53)59)61(57)37-25-27-47-43-17-6-4-13-39(43)41-15-8-10-19-45(41)49(47)33-37/h3-33H,1-2H3. The number of hydrogen-bond donors (Lipinski definition) is 0. The summed E-state index contributed by atoms with van der Waals surface area (Å²) < 4.78 is 7.19. The van der Waals surface area contributed by atoms with E-state index in [4.69, 9.17) is 4.42 Å². The van der Waals surface area contributed by atoms with Crippen LogP contribution in [0.1, 0.15) is 11.1 Å². The Kier molecular flexibility index (Phi) is 6.78. The first kappa shape index (κ1) is 34.0. The van der Waals surface area contributed by atoms with Gasteiger partial charge in [-0.2, -0.15) is 0 Å². The first-order valence-electron chi connectivity index (χ1n) is 21.6. The summed E-state index contributed by atoms with van der Waals surface area (Å²) in [7, 11) is 0. The Morgan fingerprint density at radius 3 is 1.35 bits per heavy atom. The minimum Gasteiger partial charge on any atom is -0.468 e. The van der Waals surface area contributed by atoms with E-state index < -0.39 is 0 Å². The van der Waals surface area contributed by atoms with Crippen LogP contribution in [0.15, 0.2) is 192 Å². The van der Waals surface area contributed by atoms with Crippen LogP contribution in [0.5, 0.6) is 0 Å². The zero-order chi connectivity index (χ0) is 40.8. The zero-order valence-electron chi connectivity index (χ0n) is 34.3. The van der Waals surface area contributed by atoms with Gasteiger partial charge < -0.3 is 14.2 Å². The van der Waals surface area contributed by atoms with Crippen molar-refractivity contribution in [3.63, 3.8) is 0 Å². The van der Waals surface area contributed by atoms with Gasteiger partial charge in [0.05, 0.1) is 11.3 Å². The van der Waals surface area contributed by atoms with Crippen LogP contribution in [0.25, 0.3) is 75.6 Å². The van der Waals surface area contributed by atoms with Crippen molar-refractivity contribution in [2.45, 2.75) is 13.8 Å². The summed E-state index contributed by atoms with van der Waals surface area (Å²) >= 11 is 0. The van der Waals surface area contributed by atoms with E-state index in [-0.39, 0.29) is 6.71 Å². The molecule has 11 aromatic carbocycles. The number of rotatable bonds is 2. The van der Waals surface area contributed by atoms with Gasteiger partial charge in [0.25, 0.3) is 6.71 Å². The molecule has 4 heteroatoms. The summed E-state index contributed by atoms with van der Waals surface area (Å²) in [4.78, 5) is 5.00. The molecule has 2 aliphatic heterocycles. The van der Waals surface area contributed by atoms with Crippen molar-refractivity contribution in [3.8, 4) is 0 Å². The maximum absolute atomic E-state index is 7.19. The van der Waals surface area contributed by atoms with E-state index in [9.17, 15) is 0 Å². The lowest BCUT2D eigenvalue weighted by Crippen LogP contribution is -2.61. The van der Waals surface area contributed by atoms with Crippen LogP contribution in [-0.2, 0) is 0 Å². The van der Waals surface area contributed by atoms with E-state index in [1.807, 2.05) is 0 Å². The van der Waals surface area contributed by atoms with Gasteiger partial charge in [0.1, 0.15) is 5.58 Å². The number of furan rings is 1. The van der Waals surface area contributed by atoms with E-state index in [1.54, 1.807) is 0 Å². The van der Waals surface area contributed by atoms with E-state index in [0.717, 1.165) is 39.4 Å². The second-order valence-electron chi connectivity index (χ2n) is 17.3. The van der Waals surface area contributed by atoms with Crippen molar-refractivity contribution in [1.82, 2.24) is 0 Å². The van der Waals surface area contributed by atoms with Gasteiger partial charge in [-0.3, -0.25) is 0 Å². The Bertz CT molecular complexity index is 3870. The number of fused-ring (bicyclic) bond motifs is 18. The number of nitrogens with zero attached hydrogens (tertiary/aromatic N) is 2. The maximum atomic E-state index is 7.19. The Morgan fingerprint density at radius 1 is 0.355 bits per heavy atom. The molecule has 3 heterocycles. The molecule has 0 saturated heterocycles. The number of benzene rings is 11. The molecular weight excluding hydrogens is 751 g/mol. The van der Waals surface area contributed by atoms with Gasteiger partial charge in [-0.1, -0.05) is 145 Å². The highest BCUT2D eigenvalue weighted by atomic mass is 16.3. The predicted octanol–water partition coefficient (Wildman–Crippen LogP) is 14.1. The summed E-state index contributed by atoms with van der Waals surface area (Å²) in [6.07, 6.45) is 0. The van der Waals surface area contributed by atoms with E-state index >= 15 is 0 Å². The molecule has 0 atom stereocenters. The Hall–Kier alpha value is -7.82. The zero-order valence-corrected chi connectivity index (χ0v) is 34.3. The topological polar surface area (TPSA) is 19.6 Å². The summed E-state index contributed by atoms with van der Waals surface area (Å²) in [6.45, 7) is 4.28. The highest BCUT2D eigenvalue weighted by Gasteiger charge is 2.46. The van der Waals surface area contributed by atoms with Gasteiger partial charge >= 0.3 is 0 Å². The Labute approximate surface area is 358 Å². The minimum atomic E-state index is -0.109. The van der Waals surface area contributed by atoms with Crippen LogP contribution in [0, 0.1) is 13.8 Å². The van der Waals surface area contributed by atoms with Crippen LogP contribution < -0.4 is 26.4 Å². The largest absolute Gasteiger partial charge is 0.468 e. The molecule has 0 N–H and O–H groups in total. The average molecular weight is 789 g/mol. The van der Waals surface area contributed by atoms with Crippen LogP contribution in [0.4, 0.5) is 34.1 Å². The van der Waals surface area contributed by atoms with Crippen molar-refractivity contribution in [2.75, 3.05) is 9.80 Å². The normalized spacial score (nSPS) is 13.2. The van der Waals surface area contributed by atoms with E-state index in [2.05, 4.69) is 212 Å². The fourth-order valence-electron chi connectivity index (χ4n) is 11.3. The Morgan fingerprint density at radius 2 is 0.806 bits per heavy atom. The summed E-state index contributed by atoms with van der Waals surface area (Å²) in [5, 5.41) is 16.3. The lowest BCUT2D eigenvalue weighted by Gasteiger charge is -2.42. The van der Waals surface area contributed by atoms with Crippen molar-refractivity contribution in [2.24, 2.45) is 0 Å². The molecule has 0 bridgehead atoms. The molecule has 1 aromatic heterocycles. The molecule has 12 aromatic rings. The fraction of sp³-hybridized carbons (Fsp3) is 0.0345. The van der Waals surface area contributed by atoms with Crippen LogP contribution >= 0.6 is 0 Å². The van der Waals surface area contributed by atoms with Crippen LogP contribution in [0.2, 0.25) is 0 Å². The molecule has 62 heavy (non-hydrogen) atoms. The fourth-order valence-corrected chi connectivity index (χ4v) is 11.3. The molecule has 2 aliphatic rings. The number of aryl methyl sites for hydroxylation is 2. The second-order valence-corrected chi connectivity index (χ2v) is 17.3. The van der Waals surface area contributed by atoms with Gasteiger partial charge in [0.2, 0.25) is 0 Å². The van der Waals surface area contributed by atoms with E-state index in [1.165, 1.54) is 98.1 Å². The lowest BCUT2D eigenvalue weighted by atomic mass is 9.35. The second kappa shape index (κ2) is 12.4. The van der Waals surface area contributed by atoms with E-state index in [0.29, 0.717) is 0 Å².